The van der Waals surface area contributed by atoms with Crippen molar-refractivity contribution in [3.8, 4) is 0 Å². The maximum atomic E-state index is 12.4. The summed E-state index contributed by atoms with van der Waals surface area (Å²) in [5.74, 6) is -0.537. The van der Waals surface area contributed by atoms with Crippen LogP contribution in [0.4, 0.5) is 0 Å². The van der Waals surface area contributed by atoms with Gasteiger partial charge in [-0.2, -0.15) is 5.10 Å². The lowest BCUT2D eigenvalue weighted by atomic mass is 9.93. The second-order valence-electron chi connectivity index (χ2n) is 6.88. The molecule has 4 N–H and O–H groups in total. The van der Waals surface area contributed by atoms with E-state index < -0.39 is 6.04 Å². The molecule has 0 spiro atoms. The SMILES string of the molecule is CC(NC(=O)c1n[nH]c2ccccc12)C(=O)N(C)CC(C)(C)CN. The molecule has 24 heavy (non-hydrogen) atoms. The van der Waals surface area contributed by atoms with Gasteiger partial charge in [0.15, 0.2) is 5.69 Å². The van der Waals surface area contributed by atoms with Gasteiger partial charge in [0.25, 0.3) is 5.91 Å². The van der Waals surface area contributed by atoms with Crippen LogP contribution in [0.25, 0.3) is 10.9 Å². The minimum Gasteiger partial charge on any atom is -0.343 e. The summed E-state index contributed by atoms with van der Waals surface area (Å²) in [5, 5.41) is 10.3. The summed E-state index contributed by atoms with van der Waals surface area (Å²) in [7, 11) is 1.71. The fourth-order valence-electron chi connectivity index (χ4n) is 2.58. The molecular formula is C17H25N5O2. The maximum absolute atomic E-state index is 12.4. The van der Waals surface area contributed by atoms with Gasteiger partial charge in [-0.1, -0.05) is 32.0 Å². The van der Waals surface area contributed by atoms with Crippen LogP contribution in [-0.2, 0) is 4.79 Å². The highest BCUT2D eigenvalue weighted by atomic mass is 16.2. The van der Waals surface area contributed by atoms with Crippen molar-refractivity contribution in [2.24, 2.45) is 11.1 Å². The van der Waals surface area contributed by atoms with Crippen LogP contribution in [0.3, 0.4) is 0 Å². The zero-order chi connectivity index (χ0) is 17.9. The van der Waals surface area contributed by atoms with E-state index in [1.807, 2.05) is 38.1 Å². The Labute approximate surface area is 141 Å². The average molecular weight is 331 g/mol. The molecule has 130 valence electrons. The van der Waals surface area contributed by atoms with Crippen LogP contribution >= 0.6 is 0 Å². The number of nitrogens with one attached hydrogen (secondary N) is 2. The number of amides is 2. The lowest BCUT2D eigenvalue weighted by molar-refractivity contribution is -0.132. The third kappa shape index (κ3) is 3.91. The first-order valence-corrected chi connectivity index (χ1v) is 7.94. The molecule has 7 nitrogen and oxygen atoms in total. The zero-order valence-corrected chi connectivity index (χ0v) is 14.6. The number of benzene rings is 1. The van der Waals surface area contributed by atoms with Crippen LogP contribution in [0.1, 0.15) is 31.3 Å². The Balaban J connectivity index is 2.04. The molecule has 0 aliphatic carbocycles. The molecule has 0 fully saturated rings. The van der Waals surface area contributed by atoms with Crippen molar-refractivity contribution in [2.45, 2.75) is 26.8 Å². The van der Waals surface area contributed by atoms with E-state index in [9.17, 15) is 9.59 Å². The van der Waals surface area contributed by atoms with Crippen molar-refractivity contribution >= 4 is 22.7 Å². The van der Waals surface area contributed by atoms with Gasteiger partial charge in [0, 0.05) is 19.0 Å². The highest BCUT2D eigenvalue weighted by molar-refractivity contribution is 6.05. The second-order valence-corrected chi connectivity index (χ2v) is 6.88. The largest absolute Gasteiger partial charge is 0.343 e. The van der Waals surface area contributed by atoms with E-state index in [1.165, 1.54) is 0 Å². The molecule has 0 aliphatic heterocycles. The summed E-state index contributed by atoms with van der Waals surface area (Å²) in [5.41, 5.74) is 6.60. The van der Waals surface area contributed by atoms with Crippen molar-refractivity contribution in [1.82, 2.24) is 20.4 Å². The molecule has 2 aromatic rings. The summed E-state index contributed by atoms with van der Waals surface area (Å²) in [4.78, 5) is 26.5. The topological polar surface area (TPSA) is 104 Å². The van der Waals surface area contributed by atoms with E-state index in [-0.39, 0.29) is 22.9 Å². The van der Waals surface area contributed by atoms with E-state index in [4.69, 9.17) is 5.73 Å². The first-order valence-electron chi connectivity index (χ1n) is 7.94. The fraction of sp³-hybridized carbons (Fsp3) is 0.471. The quantitative estimate of drug-likeness (QED) is 0.738. The number of hydrogen-bond acceptors (Lipinski definition) is 4. The van der Waals surface area contributed by atoms with Gasteiger partial charge in [0.2, 0.25) is 5.91 Å². The lowest BCUT2D eigenvalue weighted by Gasteiger charge is -2.30. The number of carbonyl (C=O) groups excluding carboxylic acids is 2. The summed E-state index contributed by atoms with van der Waals surface area (Å²) in [6.07, 6.45) is 0. The zero-order valence-electron chi connectivity index (χ0n) is 14.6. The molecule has 0 radical (unpaired) electrons. The van der Waals surface area contributed by atoms with Gasteiger partial charge in [-0.3, -0.25) is 14.7 Å². The van der Waals surface area contributed by atoms with Gasteiger partial charge in [-0.15, -0.1) is 0 Å². The molecule has 0 aliphatic rings. The minimum atomic E-state index is -0.647. The Bertz CT molecular complexity index is 737. The van der Waals surface area contributed by atoms with Gasteiger partial charge in [-0.05, 0) is 24.9 Å². The number of fused-ring (bicyclic) bond motifs is 1. The monoisotopic (exact) mass is 331 g/mol. The Morgan fingerprint density at radius 3 is 2.71 bits per heavy atom. The molecule has 0 saturated heterocycles. The van der Waals surface area contributed by atoms with E-state index in [1.54, 1.807) is 18.9 Å². The molecule has 1 unspecified atom stereocenters. The first kappa shape index (κ1) is 17.9. The van der Waals surface area contributed by atoms with Gasteiger partial charge < -0.3 is 16.0 Å². The van der Waals surface area contributed by atoms with Crippen LogP contribution in [0.2, 0.25) is 0 Å². The van der Waals surface area contributed by atoms with Crippen LogP contribution in [0.15, 0.2) is 24.3 Å². The van der Waals surface area contributed by atoms with E-state index in [0.29, 0.717) is 13.1 Å². The van der Waals surface area contributed by atoms with E-state index in [0.717, 1.165) is 10.9 Å². The second kappa shape index (κ2) is 7.00. The predicted octanol–water partition coefficient (Wildman–Crippen LogP) is 1.12. The van der Waals surface area contributed by atoms with Gasteiger partial charge in [-0.25, -0.2) is 0 Å². The first-order chi connectivity index (χ1) is 11.2. The Hall–Kier alpha value is -2.41. The third-order valence-electron chi connectivity index (χ3n) is 4.00. The number of carbonyl (C=O) groups is 2. The molecule has 1 aromatic heterocycles. The predicted molar refractivity (Wildman–Crippen MR) is 93.5 cm³/mol. The smallest absolute Gasteiger partial charge is 0.273 e. The third-order valence-corrected chi connectivity index (χ3v) is 4.00. The number of nitrogens with zero attached hydrogens (tertiary/aromatic N) is 2. The Kier molecular flexibility index (Phi) is 5.23. The normalized spacial score (nSPS) is 12.9. The van der Waals surface area contributed by atoms with Crippen molar-refractivity contribution < 1.29 is 9.59 Å². The lowest BCUT2D eigenvalue weighted by Crippen LogP contribution is -2.48. The average Bonchev–Trinajstić information content (AvgIpc) is 2.97. The fourth-order valence-corrected chi connectivity index (χ4v) is 2.58. The van der Waals surface area contributed by atoms with Crippen molar-refractivity contribution in [2.75, 3.05) is 20.1 Å². The van der Waals surface area contributed by atoms with Crippen LogP contribution in [0.5, 0.6) is 0 Å². The van der Waals surface area contributed by atoms with Crippen LogP contribution in [0, 0.1) is 5.41 Å². The number of nitrogens with two attached hydrogens (primary N) is 1. The number of para-hydroxylation sites is 1. The van der Waals surface area contributed by atoms with Gasteiger partial charge in [0.1, 0.15) is 6.04 Å². The van der Waals surface area contributed by atoms with Gasteiger partial charge in [0.05, 0.1) is 5.52 Å². The highest BCUT2D eigenvalue weighted by Crippen LogP contribution is 2.16. The molecule has 2 amide bonds. The summed E-state index contributed by atoms with van der Waals surface area (Å²) >= 11 is 0. The molecule has 7 heteroatoms. The van der Waals surface area contributed by atoms with Gasteiger partial charge >= 0.3 is 0 Å². The number of aromatic nitrogens is 2. The standard InChI is InChI=1S/C17H25N5O2/c1-11(16(24)22(4)10-17(2,3)9-18)19-15(23)14-12-7-5-6-8-13(12)20-21-14/h5-8,11H,9-10,18H2,1-4H3,(H,19,23)(H,20,21). The number of H-pyrrole nitrogens is 1. The minimum absolute atomic E-state index is 0.162. The van der Waals surface area contributed by atoms with E-state index >= 15 is 0 Å². The van der Waals surface area contributed by atoms with Crippen LogP contribution < -0.4 is 11.1 Å². The number of likely N-dealkylation sites (N-methyl/N-ethyl adjacent to an activating group) is 1. The molecule has 1 heterocycles. The highest BCUT2D eigenvalue weighted by Gasteiger charge is 2.26. The Morgan fingerprint density at radius 1 is 1.38 bits per heavy atom. The van der Waals surface area contributed by atoms with Crippen LogP contribution in [-0.4, -0.2) is 53.1 Å². The van der Waals surface area contributed by atoms with E-state index in [2.05, 4.69) is 15.5 Å². The molecule has 2 rings (SSSR count). The number of hydrogen-bond donors (Lipinski definition) is 3. The Morgan fingerprint density at radius 2 is 2.04 bits per heavy atom. The number of aromatic amines is 1. The molecule has 0 saturated carbocycles. The molecular weight excluding hydrogens is 306 g/mol. The molecule has 0 bridgehead atoms. The number of rotatable bonds is 6. The summed E-state index contributed by atoms with van der Waals surface area (Å²) in [6.45, 7) is 6.66. The summed E-state index contributed by atoms with van der Waals surface area (Å²) < 4.78 is 0. The summed E-state index contributed by atoms with van der Waals surface area (Å²) in [6, 6.07) is 6.72. The molecule has 1 aromatic carbocycles. The van der Waals surface area contributed by atoms with Crippen molar-refractivity contribution in [1.29, 1.82) is 0 Å². The molecule has 1 atom stereocenters. The van der Waals surface area contributed by atoms with Crippen molar-refractivity contribution in [3.63, 3.8) is 0 Å². The maximum Gasteiger partial charge on any atom is 0.273 e. The van der Waals surface area contributed by atoms with Crippen molar-refractivity contribution in [3.05, 3.63) is 30.0 Å².